The predicted octanol–water partition coefficient (Wildman–Crippen LogP) is 3.49. The topological polar surface area (TPSA) is 27.0 Å². The summed E-state index contributed by atoms with van der Waals surface area (Å²) in [5, 5.41) is 9.27. The number of nitriles is 1. The van der Waals surface area contributed by atoms with Gasteiger partial charge in [-0.3, -0.25) is 0 Å². The van der Waals surface area contributed by atoms with Crippen molar-refractivity contribution in [3.8, 4) is 6.07 Å². The maximum Gasteiger partial charge on any atom is 0.0627 e. The van der Waals surface area contributed by atoms with E-state index in [1.807, 2.05) is 0 Å². The molecule has 1 saturated heterocycles. The molecule has 1 aliphatic heterocycles. The second kappa shape index (κ2) is 5.75. The molecule has 1 aliphatic rings. The first kappa shape index (κ1) is 14.1. The van der Waals surface area contributed by atoms with Crippen LogP contribution in [0.2, 0.25) is 0 Å². The third-order valence-electron chi connectivity index (χ3n) is 4.89. The van der Waals surface area contributed by atoms with Crippen molar-refractivity contribution in [3.05, 3.63) is 35.9 Å². The Hall–Kier alpha value is -1.33. The highest BCUT2D eigenvalue weighted by Crippen LogP contribution is 2.44. The normalized spacial score (nSPS) is 31.9. The van der Waals surface area contributed by atoms with Crippen LogP contribution in [0.5, 0.6) is 0 Å². The number of rotatable bonds is 3. The van der Waals surface area contributed by atoms with E-state index >= 15 is 0 Å². The van der Waals surface area contributed by atoms with Gasteiger partial charge in [-0.25, -0.2) is 0 Å². The van der Waals surface area contributed by atoms with Gasteiger partial charge in [0.15, 0.2) is 0 Å². The number of likely N-dealkylation sites (tertiary alicyclic amines) is 1. The minimum atomic E-state index is 0.141. The second-order valence-electron chi connectivity index (χ2n) is 6.25. The van der Waals surface area contributed by atoms with Crippen molar-refractivity contribution in [2.45, 2.75) is 39.2 Å². The van der Waals surface area contributed by atoms with Crippen LogP contribution in [0.4, 0.5) is 0 Å². The van der Waals surface area contributed by atoms with Crippen molar-refractivity contribution in [1.29, 1.82) is 5.26 Å². The second-order valence-corrected chi connectivity index (χ2v) is 6.25. The molecule has 1 aromatic carbocycles. The molecule has 0 N–H and O–H groups in total. The van der Waals surface area contributed by atoms with Crippen molar-refractivity contribution < 1.29 is 0 Å². The Bertz CT molecular complexity index is 448. The zero-order valence-corrected chi connectivity index (χ0v) is 12.3. The molecule has 0 bridgehead atoms. The highest BCUT2D eigenvalue weighted by Gasteiger charge is 2.42. The first-order chi connectivity index (χ1) is 9.07. The molecule has 0 spiro atoms. The molecule has 2 rings (SSSR count). The summed E-state index contributed by atoms with van der Waals surface area (Å²) in [7, 11) is 2.19. The quantitative estimate of drug-likeness (QED) is 0.827. The van der Waals surface area contributed by atoms with Crippen LogP contribution in [-0.4, -0.2) is 24.5 Å². The molecule has 102 valence electrons. The number of hydrogen-bond acceptors (Lipinski definition) is 2. The molecule has 1 fully saturated rings. The van der Waals surface area contributed by atoms with Crippen molar-refractivity contribution in [1.82, 2.24) is 4.90 Å². The Kier molecular flexibility index (Phi) is 4.27. The maximum absolute atomic E-state index is 9.27. The van der Waals surface area contributed by atoms with Gasteiger partial charge in [0.1, 0.15) is 0 Å². The molecule has 19 heavy (non-hydrogen) atoms. The third kappa shape index (κ3) is 2.98. The molecule has 0 amide bonds. The fourth-order valence-electron chi connectivity index (χ4n) is 3.47. The molecular weight excluding hydrogens is 232 g/mol. The van der Waals surface area contributed by atoms with Crippen LogP contribution in [0.3, 0.4) is 0 Å². The van der Waals surface area contributed by atoms with E-state index < -0.39 is 0 Å². The van der Waals surface area contributed by atoms with Gasteiger partial charge in [-0.15, -0.1) is 0 Å². The smallest absolute Gasteiger partial charge is 0.0627 e. The summed E-state index contributed by atoms with van der Waals surface area (Å²) >= 11 is 0. The average molecular weight is 256 g/mol. The van der Waals surface area contributed by atoms with Crippen molar-refractivity contribution >= 4 is 0 Å². The largest absolute Gasteiger partial charge is 0.303 e. The zero-order valence-electron chi connectivity index (χ0n) is 12.3. The van der Waals surface area contributed by atoms with Gasteiger partial charge >= 0.3 is 0 Å². The maximum atomic E-state index is 9.27. The van der Waals surface area contributed by atoms with E-state index in [1.165, 1.54) is 5.56 Å². The lowest BCUT2D eigenvalue weighted by Crippen LogP contribution is -2.50. The van der Waals surface area contributed by atoms with E-state index in [4.69, 9.17) is 0 Å². The fourth-order valence-corrected chi connectivity index (χ4v) is 3.47. The van der Waals surface area contributed by atoms with Crippen LogP contribution in [0, 0.1) is 22.7 Å². The summed E-state index contributed by atoms with van der Waals surface area (Å²) in [6, 6.07) is 13.6. The monoisotopic (exact) mass is 256 g/mol. The Morgan fingerprint density at radius 3 is 2.63 bits per heavy atom. The summed E-state index contributed by atoms with van der Waals surface area (Å²) in [6.45, 7) is 5.68. The van der Waals surface area contributed by atoms with E-state index in [1.54, 1.807) is 0 Å². The summed E-state index contributed by atoms with van der Waals surface area (Å²) in [4.78, 5) is 2.42. The first-order valence-electron chi connectivity index (χ1n) is 7.18. The standard InChI is InChI=1S/C17H24N2/c1-14-13-19(3)15(2)11-17(14,9-10-18)12-16-7-5-4-6-8-16/h4-8,14-15H,9,11-13H2,1-3H3/t14-,15+,17+/m1/s1. The molecule has 1 aromatic rings. The number of nitrogens with zero attached hydrogens (tertiary/aromatic N) is 2. The zero-order chi connectivity index (χ0) is 13.9. The molecule has 0 aliphatic carbocycles. The van der Waals surface area contributed by atoms with E-state index in [9.17, 15) is 5.26 Å². The van der Waals surface area contributed by atoms with Gasteiger partial charge in [-0.2, -0.15) is 5.26 Å². The molecule has 3 atom stereocenters. The summed E-state index contributed by atoms with van der Waals surface area (Å²) in [5.41, 5.74) is 1.50. The van der Waals surface area contributed by atoms with Gasteiger partial charge in [0.05, 0.1) is 6.07 Å². The summed E-state index contributed by atoms with van der Waals surface area (Å²) in [5.74, 6) is 0.563. The van der Waals surface area contributed by atoms with Crippen molar-refractivity contribution in [2.75, 3.05) is 13.6 Å². The van der Waals surface area contributed by atoms with Gasteiger partial charge in [0.2, 0.25) is 0 Å². The molecular formula is C17H24N2. The Morgan fingerprint density at radius 1 is 1.32 bits per heavy atom. The van der Waals surface area contributed by atoms with E-state index in [0.29, 0.717) is 18.4 Å². The minimum Gasteiger partial charge on any atom is -0.303 e. The van der Waals surface area contributed by atoms with Crippen LogP contribution in [0.25, 0.3) is 0 Å². The number of benzene rings is 1. The van der Waals surface area contributed by atoms with E-state index in [-0.39, 0.29) is 5.41 Å². The third-order valence-corrected chi connectivity index (χ3v) is 4.89. The number of piperidine rings is 1. The van der Waals surface area contributed by atoms with E-state index in [2.05, 4.69) is 62.2 Å². The van der Waals surface area contributed by atoms with Crippen LogP contribution in [0.1, 0.15) is 32.3 Å². The Balaban J connectivity index is 2.25. The first-order valence-corrected chi connectivity index (χ1v) is 7.18. The lowest BCUT2D eigenvalue weighted by molar-refractivity contribution is 0.0228. The van der Waals surface area contributed by atoms with Gasteiger partial charge in [-0.1, -0.05) is 37.3 Å². The van der Waals surface area contributed by atoms with Crippen molar-refractivity contribution in [3.63, 3.8) is 0 Å². The van der Waals surface area contributed by atoms with Crippen molar-refractivity contribution in [2.24, 2.45) is 11.3 Å². The molecule has 2 heteroatoms. The molecule has 0 unspecified atom stereocenters. The molecule has 0 radical (unpaired) electrons. The Labute approximate surface area is 117 Å². The molecule has 1 heterocycles. The molecule has 2 nitrogen and oxygen atoms in total. The minimum absolute atomic E-state index is 0.141. The van der Waals surface area contributed by atoms with Crippen LogP contribution in [-0.2, 0) is 6.42 Å². The molecule has 0 aromatic heterocycles. The van der Waals surface area contributed by atoms with Gasteiger partial charge in [0, 0.05) is 19.0 Å². The van der Waals surface area contributed by atoms with Gasteiger partial charge in [0.25, 0.3) is 0 Å². The summed E-state index contributed by atoms with van der Waals surface area (Å²) < 4.78 is 0. The number of hydrogen-bond donors (Lipinski definition) is 0. The lowest BCUT2D eigenvalue weighted by Gasteiger charge is -2.48. The van der Waals surface area contributed by atoms with E-state index in [0.717, 1.165) is 19.4 Å². The Morgan fingerprint density at radius 2 is 2.00 bits per heavy atom. The SMILES string of the molecule is C[C@@H]1CN(C)[C@@H](C)C[C@@]1(CC#N)Cc1ccccc1. The van der Waals surface area contributed by atoms with Gasteiger partial charge < -0.3 is 4.90 Å². The van der Waals surface area contributed by atoms with Gasteiger partial charge in [-0.05, 0) is 43.7 Å². The summed E-state index contributed by atoms with van der Waals surface area (Å²) in [6.07, 6.45) is 2.81. The highest BCUT2D eigenvalue weighted by molar-refractivity contribution is 5.18. The fraction of sp³-hybridized carbons (Fsp3) is 0.588. The molecule has 0 saturated carbocycles. The van der Waals surface area contributed by atoms with Crippen LogP contribution in [0.15, 0.2) is 30.3 Å². The highest BCUT2D eigenvalue weighted by atomic mass is 15.1. The average Bonchev–Trinajstić information content (AvgIpc) is 2.38. The van der Waals surface area contributed by atoms with Crippen LogP contribution >= 0.6 is 0 Å². The van der Waals surface area contributed by atoms with Crippen LogP contribution < -0.4 is 0 Å². The lowest BCUT2D eigenvalue weighted by atomic mass is 9.64. The predicted molar refractivity (Wildman–Crippen MR) is 78.7 cm³/mol.